The molecular weight excluding hydrogens is 176 g/mol. The molecule has 0 spiro atoms. The van der Waals surface area contributed by atoms with E-state index in [1.54, 1.807) is 10.6 Å². The second-order valence-electron chi connectivity index (χ2n) is 4.54. The Bertz CT molecular complexity index is 366. The molecule has 2 N–H and O–H groups in total. The monoisotopic (exact) mass is 194 g/mol. The molecule has 0 saturated carbocycles. The molecule has 0 aliphatic carbocycles. The minimum Gasteiger partial charge on any atom is -0.330 e. The first-order valence-electron chi connectivity index (χ1n) is 4.82. The number of nitrogens with zero attached hydrogens (tertiary/aromatic N) is 1. The second kappa shape index (κ2) is 3.96. The van der Waals surface area contributed by atoms with Crippen molar-refractivity contribution in [2.45, 2.75) is 27.3 Å². The van der Waals surface area contributed by atoms with Gasteiger partial charge in [-0.1, -0.05) is 13.8 Å². The average Bonchev–Trinajstić information content (AvgIpc) is 2.10. The third-order valence-electron chi connectivity index (χ3n) is 2.30. The van der Waals surface area contributed by atoms with Crippen molar-refractivity contribution in [3.63, 3.8) is 0 Å². The van der Waals surface area contributed by atoms with Crippen molar-refractivity contribution < 1.29 is 0 Å². The number of hydrogen-bond donors (Lipinski definition) is 1. The number of nitrogens with two attached hydrogens (primary N) is 1. The third kappa shape index (κ3) is 2.70. The molecule has 3 nitrogen and oxygen atoms in total. The molecule has 0 saturated heterocycles. The topological polar surface area (TPSA) is 48.0 Å². The molecule has 0 bridgehead atoms. The highest BCUT2D eigenvalue weighted by Gasteiger charge is 2.16. The summed E-state index contributed by atoms with van der Waals surface area (Å²) in [5.41, 5.74) is 6.63. The van der Waals surface area contributed by atoms with Crippen LogP contribution in [0.2, 0.25) is 0 Å². The SMILES string of the molecule is Cc1ccn(CC(C)(C)CN)c(=O)c1. The first kappa shape index (κ1) is 11.0. The van der Waals surface area contributed by atoms with Gasteiger partial charge in [-0.15, -0.1) is 0 Å². The Balaban J connectivity index is 2.93. The zero-order valence-electron chi connectivity index (χ0n) is 9.08. The minimum absolute atomic E-state index is 0.0287. The van der Waals surface area contributed by atoms with Crippen LogP contribution in [0.3, 0.4) is 0 Å². The van der Waals surface area contributed by atoms with Crippen LogP contribution in [-0.4, -0.2) is 11.1 Å². The van der Waals surface area contributed by atoms with Gasteiger partial charge in [0, 0.05) is 18.8 Å². The predicted octanol–water partition coefficient (Wildman–Crippen LogP) is 1.14. The summed E-state index contributed by atoms with van der Waals surface area (Å²) in [6, 6.07) is 3.58. The van der Waals surface area contributed by atoms with Crippen LogP contribution < -0.4 is 11.3 Å². The lowest BCUT2D eigenvalue weighted by Crippen LogP contribution is -2.33. The van der Waals surface area contributed by atoms with E-state index in [2.05, 4.69) is 13.8 Å². The van der Waals surface area contributed by atoms with E-state index >= 15 is 0 Å². The molecule has 0 aliphatic rings. The van der Waals surface area contributed by atoms with Gasteiger partial charge in [0.15, 0.2) is 0 Å². The van der Waals surface area contributed by atoms with E-state index in [-0.39, 0.29) is 11.0 Å². The molecule has 0 fully saturated rings. The van der Waals surface area contributed by atoms with Crippen LogP contribution in [0.25, 0.3) is 0 Å². The van der Waals surface area contributed by atoms with Gasteiger partial charge in [0.25, 0.3) is 5.56 Å². The Morgan fingerprint density at radius 2 is 2.14 bits per heavy atom. The Kier molecular flexibility index (Phi) is 3.11. The normalized spacial score (nSPS) is 11.7. The van der Waals surface area contributed by atoms with Crippen molar-refractivity contribution in [1.29, 1.82) is 0 Å². The molecule has 1 aromatic heterocycles. The maximum Gasteiger partial charge on any atom is 0.250 e. The standard InChI is InChI=1S/C11H18N2O/c1-9-4-5-13(10(14)6-9)8-11(2,3)7-12/h4-6H,7-8,12H2,1-3H3. The third-order valence-corrected chi connectivity index (χ3v) is 2.30. The lowest BCUT2D eigenvalue weighted by Gasteiger charge is -2.23. The van der Waals surface area contributed by atoms with E-state index in [0.29, 0.717) is 13.1 Å². The van der Waals surface area contributed by atoms with E-state index in [1.807, 2.05) is 19.2 Å². The summed E-state index contributed by atoms with van der Waals surface area (Å²) in [5.74, 6) is 0. The van der Waals surface area contributed by atoms with Crippen molar-refractivity contribution in [3.8, 4) is 0 Å². The van der Waals surface area contributed by atoms with E-state index in [1.165, 1.54) is 0 Å². The van der Waals surface area contributed by atoms with Crippen molar-refractivity contribution in [2.24, 2.45) is 11.1 Å². The number of pyridine rings is 1. The number of hydrogen-bond acceptors (Lipinski definition) is 2. The van der Waals surface area contributed by atoms with Gasteiger partial charge in [-0.05, 0) is 30.5 Å². The van der Waals surface area contributed by atoms with E-state index in [9.17, 15) is 4.79 Å². The van der Waals surface area contributed by atoms with Crippen LogP contribution in [0.5, 0.6) is 0 Å². The van der Waals surface area contributed by atoms with Crippen molar-refractivity contribution in [3.05, 3.63) is 34.2 Å². The summed E-state index contributed by atoms with van der Waals surface area (Å²) in [4.78, 5) is 11.6. The van der Waals surface area contributed by atoms with Crippen LogP contribution in [0.15, 0.2) is 23.1 Å². The van der Waals surface area contributed by atoms with Crippen molar-refractivity contribution in [2.75, 3.05) is 6.54 Å². The van der Waals surface area contributed by atoms with E-state index < -0.39 is 0 Å². The molecule has 0 radical (unpaired) electrons. The molecule has 14 heavy (non-hydrogen) atoms. The van der Waals surface area contributed by atoms with Gasteiger partial charge < -0.3 is 10.3 Å². The van der Waals surface area contributed by atoms with Gasteiger partial charge in [0.2, 0.25) is 0 Å². The maximum atomic E-state index is 11.6. The van der Waals surface area contributed by atoms with Gasteiger partial charge in [0.1, 0.15) is 0 Å². The smallest absolute Gasteiger partial charge is 0.250 e. The fraction of sp³-hybridized carbons (Fsp3) is 0.545. The Labute approximate surface area is 84.6 Å². The Morgan fingerprint density at radius 3 is 2.64 bits per heavy atom. The van der Waals surface area contributed by atoms with Gasteiger partial charge >= 0.3 is 0 Å². The summed E-state index contributed by atoms with van der Waals surface area (Å²) in [6.45, 7) is 7.27. The molecule has 1 aromatic rings. The highest BCUT2D eigenvalue weighted by Crippen LogP contribution is 2.14. The summed E-state index contributed by atoms with van der Waals surface area (Å²) < 4.78 is 1.71. The number of rotatable bonds is 3. The average molecular weight is 194 g/mol. The summed E-state index contributed by atoms with van der Waals surface area (Å²) in [5, 5.41) is 0. The summed E-state index contributed by atoms with van der Waals surface area (Å²) >= 11 is 0. The molecule has 1 rings (SSSR count). The Hall–Kier alpha value is -1.09. The highest BCUT2D eigenvalue weighted by atomic mass is 16.1. The minimum atomic E-state index is -0.0287. The fourth-order valence-electron chi connectivity index (χ4n) is 1.26. The number of aromatic nitrogens is 1. The summed E-state index contributed by atoms with van der Waals surface area (Å²) in [6.07, 6.45) is 1.83. The molecule has 0 atom stereocenters. The summed E-state index contributed by atoms with van der Waals surface area (Å²) in [7, 11) is 0. The Morgan fingerprint density at radius 1 is 1.50 bits per heavy atom. The van der Waals surface area contributed by atoms with Crippen LogP contribution in [0, 0.1) is 12.3 Å². The largest absolute Gasteiger partial charge is 0.330 e. The maximum absolute atomic E-state index is 11.6. The number of aryl methyl sites for hydroxylation is 1. The van der Waals surface area contributed by atoms with E-state index in [0.717, 1.165) is 5.56 Å². The first-order chi connectivity index (χ1) is 6.44. The zero-order valence-corrected chi connectivity index (χ0v) is 9.08. The molecule has 0 aliphatic heterocycles. The van der Waals surface area contributed by atoms with Crippen LogP contribution in [0.4, 0.5) is 0 Å². The van der Waals surface area contributed by atoms with Crippen LogP contribution in [-0.2, 0) is 6.54 Å². The second-order valence-corrected chi connectivity index (χ2v) is 4.54. The van der Waals surface area contributed by atoms with Crippen molar-refractivity contribution >= 4 is 0 Å². The molecule has 78 valence electrons. The van der Waals surface area contributed by atoms with Crippen molar-refractivity contribution in [1.82, 2.24) is 4.57 Å². The lowest BCUT2D eigenvalue weighted by atomic mass is 9.94. The molecule has 3 heteroatoms. The lowest BCUT2D eigenvalue weighted by molar-refractivity contribution is 0.313. The van der Waals surface area contributed by atoms with E-state index in [4.69, 9.17) is 5.73 Å². The van der Waals surface area contributed by atoms with Crippen LogP contribution in [0.1, 0.15) is 19.4 Å². The zero-order chi connectivity index (χ0) is 10.8. The quantitative estimate of drug-likeness (QED) is 0.784. The highest BCUT2D eigenvalue weighted by molar-refractivity contribution is 5.08. The van der Waals surface area contributed by atoms with Gasteiger partial charge in [-0.3, -0.25) is 4.79 Å². The molecule has 1 heterocycles. The molecular formula is C11H18N2O. The molecule has 0 unspecified atom stereocenters. The van der Waals surface area contributed by atoms with Gasteiger partial charge in [-0.25, -0.2) is 0 Å². The van der Waals surface area contributed by atoms with Gasteiger partial charge in [0.05, 0.1) is 0 Å². The fourth-order valence-corrected chi connectivity index (χ4v) is 1.26. The predicted molar refractivity (Wildman–Crippen MR) is 58.3 cm³/mol. The first-order valence-corrected chi connectivity index (χ1v) is 4.82. The van der Waals surface area contributed by atoms with Gasteiger partial charge in [-0.2, -0.15) is 0 Å². The molecule has 0 amide bonds. The molecule has 0 aromatic carbocycles. The van der Waals surface area contributed by atoms with Crippen LogP contribution >= 0.6 is 0 Å².